The second-order valence-electron chi connectivity index (χ2n) is 12.0. The van der Waals surface area contributed by atoms with Crippen molar-refractivity contribution in [2.45, 2.75) is 46.2 Å². The molecule has 0 unspecified atom stereocenters. The van der Waals surface area contributed by atoms with Gasteiger partial charge < -0.3 is 19.4 Å². The van der Waals surface area contributed by atoms with Crippen molar-refractivity contribution in [1.29, 1.82) is 0 Å². The molecule has 2 fully saturated rings. The van der Waals surface area contributed by atoms with Crippen molar-refractivity contribution in [1.82, 2.24) is 29.5 Å². The van der Waals surface area contributed by atoms with E-state index in [2.05, 4.69) is 26.9 Å². The summed E-state index contributed by atoms with van der Waals surface area (Å²) in [6.45, 7) is 11.1. The van der Waals surface area contributed by atoms with Crippen molar-refractivity contribution in [3.05, 3.63) is 40.8 Å². The van der Waals surface area contributed by atoms with Crippen LogP contribution >= 0.6 is 11.6 Å². The third kappa shape index (κ3) is 4.94. The zero-order valence-electron chi connectivity index (χ0n) is 25.0. The molecule has 3 atom stereocenters. The Morgan fingerprint density at radius 2 is 1.90 bits per heavy atom. The molecule has 4 aromatic rings. The van der Waals surface area contributed by atoms with E-state index in [4.69, 9.17) is 21.3 Å². The molecule has 42 heavy (non-hydrogen) atoms. The summed E-state index contributed by atoms with van der Waals surface area (Å²) in [5, 5.41) is 6.08. The fourth-order valence-electron chi connectivity index (χ4n) is 6.57. The van der Waals surface area contributed by atoms with E-state index in [1.807, 2.05) is 44.9 Å². The third-order valence-electron chi connectivity index (χ3n) is 8.80. The molecule has 2 aromatic heterocycles. The van der Waals surface area contributed by atoms with Gasteiger partial charge in [0.05, 0.1) is 23.3 Å². The number of hydrogen-bond donors (Lipinski definition) is 0. The maximum Gasteiger partial charge on any atom is 0.319 e. The van der Waals surface area contributed by atoms with Gasteiger partial charge in [-0.15, -0.1) is 0 Å². The van der Waals surface area contributed by atoms with E-state index >= 15 is 4.39 Å². The van der Waals surface area contributed by atoms with Crippen LogP contribution in [0.15, 0.2) is 24.4 Å². The van der Waals surface area contributed by atoms with Crippen LogP contribution in [-0.2, 0) is 11.8 Å². The largest absolute Gasteiger partial charge is 0.463 e. The van der Waals surface area contributed by atoms with Crippen LogP contribution in [0.2, 0.25) is 5.02 Å². The minimum atomic E-state index is -0.522. The molecule has 0 aliphatic carbocycles. The molecule has 9 nitrogen and oxygen atoms in total. The quantitative estimate of drug-likeness (QED) is 0.320. The van der Waals surface area contributed by atoms with Gasteiger partial charge in [-0.1, -0.05) is 23.7 Å². The number of benzene rings is 2. The number of anilines is 1. The van der Waals surface area contributed by atoms with Crippen LogP contribution in [0.4, 0.5) is 10.2 Å². The van der Waals surface area contributed by atoms with E-state index in [-0.39, 0.29) is 40.1 Å². The lowest BCUT2D eigenvalue weighted by molar-refractivity contribution is -0.131. The fourth-order valence-corrected chi connectivity index (χ4v) is 6.86. The standard InChI is InChI=1S/C31H37ClFN7O2/c1-17-7-8-22-12-34-38(6)29(22)25(17)26-24(32)11-23-28(27(26)33)35-31(42-16-21-9-10-37(5)15-21)36-30(23)40-14-18(2)39(20(4)41)13-19(40)3/h7-8,11-12,18-19,21H,9-10,13-16H2,1-6H3/t18-,19+,21+/m1/s1. The molecule has 0 spiro atoms. The highest BCUT2D eigenvalue weighted by Crippen LogP contribution is 2.43. The maximum absolute atomic E-state index is 16.9. The van der Waals surface area contributed by atoms with Crippen molar-refractivity contribution in [3.8, 4) is 17.1 Å². The summed E-state index contributed by atoms with van der Waals surface area (Å²) >= 11 is 6.94. The Hall–Kier alpha value is -3.50. The second kappa shape index (κ2) is 11.0. The first-order valence-corrected chi connectivity index (χ1v) is 14.9. The van der Waals surface area contributed by atoms with Gasteiger partial charge in [-0.3, -0.25) is 9.48 Å². The maximum atomic E-state index is 16.9. The number of hydrogen-bond acceptors (Lipinski definition) is 7. The number of carbonyl (C=O) groups is 1. The van der Waals surface area contributed by atoms with Crippen LogP contribution in [0.3, 0.4) is 0 Å². The highest BCUT2D eigenvalue weighted by molar-refractivity contribution is 6.35. The predicted octanol–water partition coefficient (Wildman–Crippen LogP) is 5.06. The number of halogens is 2. The number of aryl methyl sites for hydroxylation is 2. The zero-order chi connectivity index (χ0) is 29.9. The molecule has 0 N–H and O–H groups in total. The van der Waals surface area contributed by atoms with Crippen molar-refractivity contribution in [2.75, 3.05) is 44.7 Å². The molecule has 2 aliphatic rings. The number of aromatic nitrogens is 4. The van der Waals surface area contributed by atoms with Crippen molar-refractivity contribution >= 4 is 45.1 Å². The molecular weight excluding hydrogens is 557 g/mol. The molecule has 2 aromatic carbocycles. The summed E-state index contributed by atoms with van der Waals surface area (Å²) in [5.41, 5.74) is 2.81. The zero-order valence-corrected chi connectivity index (χ0v) is 25.7. The first-order chi connectivity index (χ1) is 20.0. The molecule has 2 saturated heterocycles. The van der Waals surface area contributed by atoms with Crippen LogP contribution in [0.1, 0.15) is 32.8 Å². The normalized spacial score (nSPS) is 21.6. The number of amides is 1. The van der Waals surface area contributed by atoms with E-state index < -0.39 is 5.82 Å². The monoisotopic (exact) mass is 593 g/mol. The first-order valence-electron chi connectivity index (χ1n) is 14.5. The Kier molecular flexibility index (Phi) is 7.47. The molecule has 11 heteroatoms. The Balaban J connectivity index is 1.52. The van der Waals surface area contributed by atoms with Gasteiger partial charge in [-0.25, -0.2) is 4.39 Å². The average molecular weight is 594 g/mol. The van der Waals surface area contributed by atoms with Crippen molar-refractivity contribution < 1.29 is 13.9 Å². The van der Waals surface area contributed by atoms with Crippen LogP contribution in [0.25, 0.3) is 32.9 Å². The summed E-state index contributed by atoms with van der Waals surface area (Å²) in [6.07, 6.45) is 2.79. The van der Waals surface area contributed by atoms with E-state index in [0.717, 1.165) is 36.0 Å². The van der Waals surface area contributed by atoms with Gasteiger partial charge in [0.1, 0.15) is 11.3 Å². The average Bonchev–Trinajstić information content (AvgIpc) is 3.54. The summed E-state index contributed by atoms with van der Waals surface area (Å²) in [4.78, 5) is 28.0. The number of fused-ring (bicyclic) bond motifs is 2. The van der Waals surface area contributed by atoms with Crippen molar-refractivity contribution in [3.63, 3.8) is 0 Å². The number of piperazine rings is 1. The third-order valence-corrected chi connectivity index (χ3v) is 9.10. The number of likely N-dealkylation sites (tertiary alicyclic amines) is 1. The number of ether oxygens (including phenoxy) is 1. The summed E-state index contributed by atoms with van der Waals surface area (Å²) in [5.74, 6) is 0.424. The van der Waals surface area contributed by atoms with Gasteiger partial charge in [-0.2, -0.15) is 15.1 Å². The minimum Gasteiger partial charge on any atom is -0.463 e. The van der Waals surface area contributed by atoms with Gasteiger partial charge in [-0.05, 0) is 52.4 Å². The van der Waals surface area contributed by atoms with Gasteiger partial charge in [0, 0.05) is 73.5 Å². The molecule has 0 radical (unpaired) electrons. The van der Waals surface area contributed by atoms with Gasteiger partial charge in [0.15, 0.2) is 5.82 Å². The van der Waals surface area contributed by atoms with Crippen LogP contribution < -0.4 is 9.64 Å². The molecular formula is C31H37ClFN7O2. The molecule has 0 bridgehead atoms. The van der Waals surface area contributed by atoms with E-state index in [9.17, 15) is 4.79 Å². The Bertz CT molecular complexity index is 1690. The molecule has 0 saturated carbocycles. The van der Waals surface area contributed by atoms with Crippen LogP contribution in [-0.4, -0.2) is 87.4 Å². The molecule has 6 rings (SSSR count). The minimum absolute atomic E-state index is 0.0329. The highest BCUT2D eigenvalue weighted by Gasteiger charge is 2.34. The molecule has 2 aliphatic heterocycles. The SMILES string of the molecule is CC(=O)N1C[C@H](C)N(c2nc(OC[C@H]3CCN(C)C3)nc3c(F)c(-c4c(C)ccc5cnn(C)c45)c(Cl)cc23)C[C@H]1C. The second-order valence-corrected chi connectivity index (χ2v) is 12.4. The Labute approximate surface area is 250 Å². The van der Waals surface area contributed by atoms with Crippen LogP contribution in [0.5, 0.6) is 6.01 Å². The topological polar surface area (TPSA) is 79.6 Å². The highest BCUT2D eigenvalue weighted by atomic mass is 35.5. The fraction of sp³-hybridized carbons (Fsp3) is 0.484. The molecule has 1 amide bonds. The Morgan fingerprint density at radius 1 is 1.12 bits per heavy atom. The molecule has 4 heterocycles. The van der Waals surface area contributed by atoms with E-state index in [1.54, 1.807) is 23.9 Å². The smallest absolute Gasteiger partial charge is 0.319 e. The lowest BCUT2D eigenvalue weighted by atomic mass is 9.96. The number of rotatable bonds is 5. The number of nitrogens with zero attached hydrogens (tertiary/aromatic N) is 7. The molecule has 222 valence electrons. The lowest BCUT2D eigenvalue weighted by Gasteiger charge is -2.44. The summed E-state index contributed by atoms with van der Waals surface area (Å²) in [7, 11) is 3.94. The predicted molar refractivity (Wildman–Crippen MR) is 164 cm³/mol. The first kappa shape index (κ1) is 28.6. The van der Waals surface area contributed by atoms with Gasteiger partial charge in [0.2, 0.25) is 5.91 Å². The van der Waals surface area contributed by atoms with E-state index in [0.29, 0.717) is 42.4 Å². The van der Waals surface area contributed by atoms with Gasteiger partial charge in [0.25, 0.3) is 0 Å². The summed E-state index contributed by atoms with van der Waals surface area (Å²) < 4.78 is 24.8. The van der Waals surface area contributed by atoms with Crippen molar-refractivity contribution in [2.24, 2.45) is 13.0 Å². The summed E-state index contributed by atoms with van der Waals surface area (Å²) in [6, 6.07) is 5.73. The van der Waals surface area contributed by atoms with E-state index in [1.165, 1.54) is 0 Å². The lowest BCUT2D eigenvalue weighted by Crippen LogP contribution is -2.58. The Morgan fingerprint density at radius 3 is 2.62 bits per heavy atom. The van der Waals surface area contributed by atoms with Gasteiger partial charge >= 0.3 is 6.01 Å². The number of carbonyl (C=O) groups excluding carboxylic acids is 1. The van der Waals surface area contributed by atoms with Crippen LogP contribution in [0, 0.1) is 18.7 Å².